The van der Waals surface area contributed by atoms with Crippen molar-refractivity contribution in [3.8, 4) is 11.5 Å². The molecule has 2 heterocycles. The second-order valence-corrected chi connectivity index (χ2v) is 7.32. The van der Waals surface area contributed by atoms with Crippen LogP contribution in [0.2, 0.25) is 0 Å². The lowest BCUT2D eigenvalue weighted by molar-refractivity contribution is -0.144. The fraction of sp³-hybridized carbons (Fsp3) is 0.562. The van der Waals surface area contributed by atoms with E-state index in [1.54, 1.807) is 0 Å². The van der Waals surface area contributed by atoms with Crippen molar-refractivity contribution in [2.75, 3.05) is 10.6 Å². The molecule has 4 rings (SSSR count). The minimum Gasteiger partial charge on any atom is -0.368 e. The van der Waals surface area contributed by atoms with Gasteiger partial charge in [0.15, 0.2) is 5.82 Å². The van der Waals surface area contributed by atoms with Crippen molar-refractivity contribution < 1.29 is 30.7 Å². The van der Waals surface area contributed by atoms with E-state index in [-0.39, 0.29) is 17.5 Å². The predicted octanol–water partition coefficient (Wildman–Crippen LogP) is 3.33. The van der Waals surface area contributed by atoms with Gasteiger partial charge in [-0.25, -0.2) is 27.5 Å². The van der Waals surface area contributed by atoms with Gasteiger partial charge in [-0.15, -0.1) is 0 Å². The molecule has 0 radical (unpaired) electrons. The van der Waals surface area contributed by atoms with Crippen LogP contribution in [0.4, 0.5) is 42.6 Å². The van der Waals surface area contributed by atoms with Crippen LogP contribution in [0.1, 0.15) is 31.5 Å². The molecule has 14 heteroatoms. The monoisotopic (exact) mass is 437 g/mol. The molecule has 7 nitrogen and oxygen atoms in total. The third-order valence-corrected chi connectivity index (χ3v) is 4.93. The van der Waals surface area contributed by atoms with E-state index in [2.05, 4.69) is 24.9 Å². The van der Waals surface area contributed by atoms with Gasteiger partial charge >= 0.3 is 6.18 Å². The number of hydrogen-bond donors (Lipinski definition) is 1. The minimum absolute atomic E-state index is 0.259. The van der Waals surface area contributed by atoms with Crippen molar-refractivity contribution in [2.45, 2.75) is 55.8 Å². The second-order valence-electron chi connectivity index (χ2n) is 7.32. The summed E-state index contributed by atoms with van der Waals surface area (Å²) in [6.07, 6.45) is -6.30. The first-order valence-electron chi connectivity index (χ1n) is 8.79. The van der Waals surface area contributed by atoms with Gasteiger partial charge in [-0.05, 0) is 6.07 Å². The summed E-state index contributed by atoms with van der Waals surface area (Å²) < 4.78 is 92.3. The van der Waals surface area contributed by atoms with Gasteiger partial charge in [-0.1, -0.05) is 0 Å². The van der Waals surface area contributed by atoms with Crippen molar-refractivity contribution >= 4 is 11.9 Å². The summed E-state index contributed by atoms with van der Waals surface area (Å²) in [5, 5.41) is 0. The van der Waals surface area contributed by atoms with Gasteiger partial charge in [-0.3, -0.25) is 0 Å². The lowest BCUT2D eigenvalue weighted by Gasteiger charge is -2.50. The summed E-state index contributed by atoms with van der Waals surface area (Å²) in [4.78, 5) is 19.3. The number of alkyl halides is 7. The highest BCUT2D eigenvalue weighted by atomic mass is 19.4. The number of nitrogens with two attached hydrogens (primary N) is 1. The normalized spacial score (nSPS) is 21.0. The quantitative estimate of drug-likeness (QED) is 0.734. The van der Waals surface area contributed by atoms with E-state index in [0.29, 0.717) is 0 Å². The molecule has 2 aromatic heterocycles. The van der Waals surface area contributed by atoms with E-state index < -0.39 is 67.6 Å². The van der Waals surface area contributed by atoms with Crippen LogP contribution >= 0.6 is 0 Å². The van der Waals surface area contributed by atoms with Crippen LogP contribution in [-0.2, 0) is 6.18 Å². The molecule has 0 unspecified atom stereocenters. The lowest BCUT2D eigenvalue weighted by Crippen LogP contribution is -2.60. The van der Waals surface area contributed by atoms with Crippen molar-refractivity contribution in [2.24, 2.45) is 0 Å². The maximum absolute atomic E-state index is 13.4. The average molecular weight is 437 g/mol. The molecule has 2 N–H and O–H groups in total. The number of rotatable bonds is 4. The molecule has 2 aromatic rings. The summed E-state index contributed by atoms with van der Waals surface area (Å²) in [5.41, 5.74) is 5.31. The number of nitrogen functional groups attached to an aromatic ring is 1. The molecule has 0 aliphatic heterocycles. The number of aromatic nitrogens is 5. The Hall–Kier alpha value is -2.80. The molecule has 0 bridgehead atoms. The van der Waals surface area contributed by atoms with Gasteiger partial charge in [-0.2, -0.15) is 28.1 Å². The van der Waals surface area contributed by atoms with Gasteiger partial charge < -0.3 is 10.6 Å². The lowest BCUT2D eigenvalue weighted by atomic mass is 9.80. The number of halogens is 7. The first kappa shape index (κ1) is 20.5. The SMILES string of the molecule is Nc1nc(-c2ccnc(C(F)(F)F)n2)nc(N(C2CC(F)(F)C2)C2CC(F)(F)C2)n1. The molecule has 0 atom stereocenters. The van der Waals surface area contributed by atoms with Crippen LogP contribution < -0.4 is 10.6 Å². The van der Waals surface area contributed by atoms with Gasteiger partial charge in [0.1, 0.15) is 5.69 Å². The Bertz CT molecular complexity index is 925. The van der Waals surface area contributed by atoms with E-state index in [1.807, 2.05) is 0 Å². The van der Waals surface area contributed by atoms with Crippen LogP contribution in [0.3, 0.4) is 0 Å². The molecule has 30 heavy (non-hydrogen) atoms. The molecular formula is C16H14F7N7. The summed E-state index contributed by atoms with van der Waals surface area (Å²) in [7, 11) is 0. The van der Waals surface area contributed by atoms with Gasteiger partial charge in [0, 0.05) is 44.0 Å². The van der Waals surface area contributed by atoms with Crippen molar-refractivity contribution in [1.29, 1.82) is 0 Å². The Morgan fingerprint density at radius 2 is 1.47 bits per heavy atom. The molecule has 2 aliphatic rings. The first-order chi connectivity index (χ1) is 13.8. The zero-order valence-electron chi connectivity index (χ0n) is 15.0. The second kappa shape index (κ2) is 6.60. The van der Waals surface area contributed by atoms with Crippen LogP contribution in [0.5, 0.6) is 0 Å². The molecule has 0 amide bonds. The van der Waals surface area contributed by atoms with Gasteiger partial charge in [0.25, 0.3) is 11.8 Å². The molecule has 0 aromatic carbocycles. The van der Waals surface area contributed by atoms with Crippen molar-refractivity contribution in [1.82, 2.24) is 24.9 Å². The Balaban J connectivity index is 1.70. The largest absolute Gasteiger partial charge is 0.451 e. The highest BCUT2D eigenvalue weighted by Crippen LogP contribution is 2.48. The molecule has 0 saturated heterocycles. The zero-order valence-corrected chi connectivity index (χ0v) is 15.0. The molecule has 162 valence electrons. The Labute approximate surface area is 164 Å². The van der Waals surface area contributed by atoms with Gasteiger partial charge in [0.2, 0.25) is 17.7 Å². The molecular weight excluding hydrogens is 423 g/mol. The van der Waals surface area contributed by atoms with Crippen molar-refractivity contribution in [3.63, 3.8) is 0 Å². The zero-order chi connectivity index (χ0) is 21.9. The summed E-state index contributed by atoms with van der Waals surface area (Å²) >= 11 is 0. The number of nitrogens with zero attached hydrogens (tertiary/aromatic N) is 6. The van der Waals surface area contributed by atoms with Crippen LogP contribution in [0.25, 0.3) is 11.5 Å². The third-order valence-electron chi connectivity index (χ3n) is 4.93. The van der Waals surface area contributed by atoms with E-state index in [1.165, 1.54) is 4.90 Å². The predicted molar refractivity (Wildman–Crippen MR) is 88.7 cm³/mol. The van der Waals surface area contributed by atoms with Crippen LogP contribution in [0.15, 0.2) is 12.3 Å². The van der Waals surface area contributed by atoms with Gasteiger partial charge in [0.05, 0.1) is 0 Å². The Morgan fingerprint density at radius 3 is 1.97 bits per heavy atom. The fourth-order valence-corrected chi connectivity index (χ4v) is 3.51. The van der Waals surface area contributed by atoms with E-state index in [9.17, 15) is 30.7 Å². The smallest absolute Gasteiger partial charge is 0.368 e. The highest BCUT2D eigenvalue weighted by molar-refractivity contribution is 5.54. The van der Waals surface area contributed by atoms with Crippen LogP contribution in [0, 0.1) is 0 Å². The molecule has 2 fully saturated rings. The number of anilines is 2. The summed E-state index contributed by atoms with van der Waals surface area (Å²) in [6, 6.07) is -0.522. The number of hydrogen-bond acceptors (Lipinski definition) is 7. The Kier molecular flexibility index (Phi) is 4.51. The fourth-order valence-electron chi connectivity index (χ4n) is 3.51. The van der Waals surface area contributed by atoms with E-state index in [4.69, 9.17) is 5.73 Å². The van der Waals surface area contributed by atoms with E-state index in [0.717, 1.165) is 12.3 Å². The first-order valence-corrected chi connectivity index (χ1v) is 8.79. The Morgan fingerprint density at radius 1 is 0.900 bits per heavy atom. The minimum atomic E-state index is -4.82. The topological polar surface area (TPSA) is 93.7 Å². The molecule has 2 aliphatic carbocycles. The van der Waals surface area contributed by atoms with Crippen molar-refractivity contribution in [3.05, 3.63) is 18.1 Å². The maximum Gasteiger partial charge on any atom is 0.451 e. The van der Waals surface area contributed by atoms with E-state index >= 15 is 0 Å². The average Bonchev–Trinajstić information content (AvgIpc) is 2.58. The third kappa shape index (κ3) is 3.94. The summed E-state index contributed by atoms with van der Waals surface area (Å²) in [6.45, 7) is 0. The highest BCUT2D eigenvalue weighted by Gasteiger charge is 2.55. The van der Waals surface area contributed by atoms with Crippen LogP contribution in [-0.4, -0.2) is 48.8 Å². The molecule has 2 saturated carbocycles. The molecule has 0 spiro atoms. The maximum atomic E-state index is 13.4. The standard InChI is InChI=1S/C16H14F7N7/c17-14(18)3-7(4-14)30(8-5-15(19,20)6-8)13-28-10(27-12(24)29-13)9-1-2-25-11(26-9)16(21,22)23/h1-2,7-8H,3-6H2,(H2,24,27,28,29). The summed E-state index contributed by atoms with van der Waals surface area (Å²) in [5.74, 6) is -8.34.